The van der Waals surface area contributed by atoms with Crippen LogP contribution in [-0.4, -0.2) is 37.7 Å². The first-order valence-electron chi connectivity index (χ1n) is 7.10. The minimum absolute atomic E-state index is 0.236. The number of rotatable bonds is 6. The van der Waals surface area contributed by atoms with Crippen LogP contribution in [0.2, 0.25) is 0 Å². The highest BCUT2D eigenvalue weighted by Crippen LogP contribution is 2.26. The van der Waals surface area contributed by atoms with E-state index in [4.69, 9.17) is 4.74 Å². The van der Waals surface area contributed by atoms with E-state index in [9.17, 15) is 4.79 Å². The normalized spacial score (nSPS) is 10.2. The summed E-state index contributed by atoms with van der Waals surface area (Å²) < 4.78 is 7.06. The van der Waals surface area contributed by atoms with Gasteiger partial charge >= 0.3 is 0 Å². The van der Waals surface area contributed by atoms with Gasteiger partial charge in [0.15, 0.2) is 0 Å². The number of aromatic nitrogens is 5. The lowest BCUT2D eigenvalue weighted by Gasteiger charge is -2.12. The van der Waals surface area contributed by atoms with E-state index in [1.165, 1.54) is 11.0 Å². The lowest BCUT2D eigenvalue weighted by molar-refractivity contribution is 0.102. The lowest BCUT2D eigenvalue weighted by Crippen LogP contribution is -2.12. The number of carbonyl (C=O) groups excluding carboxylic acids is 1. The molecule has 1 aromatic carbocycles. The Morgan fingerprint density at radius 3 is 2.83 bits per heavy atom. The van der Waals surface area contributed by atoms with Gasteiger partial charge in [-0.3, -0.25) is 9.78 Å². The molecule has 2 aromatic heterocycles. The summed E-state index contributed by atoms with van der Waals surface area (Å²) in [5, 5.41) is 13.9. The molecule has 0 unspecified atom stereocenters. The Balaban J connectivity index is 1.88. The van der Waals surface area contributed by atoms with E-state index in [1.807, 2.05) is 0 Å². The molecule has 0 aliphatic carbocycles. The van der Waals surface area contributed by atoms with Crippen LogP contribution in [0.5, 0.6) is 5.75 Å². The Morgan fingerprint density at radius 1 is 1.29 bits per heavy atom. The summed E-state index contributed by atoms with van der Waals surface area (Å²) in [5.74, 6) is 0.337. The molecular weight excluding hydrogens is 308 g/mol. The minimum atomic E-state index is -0.236. The molecule has 3 aromatic rings. The van der Waals surface area contributed by atoms with Crippen LogP contribution in [0, 0.1) is 0 Å². The number of carbonyl (C=O) groups is 1. The first-order chi connectivity index (χ1) is 11.8. The standard InChI is InChI=1S/C16H14N6O2/c1-2-9-24-15-4-3-13(10-14(15)22-11-18-20-21-22)19-16(23)12-5-7-17-8-6-12/h2-8,10-11H,1,9H2,(H,19,23). The monoisotopic (exact) mass is 322 g/mol. The topological polar surface area (TPSA) is 94.8 Å². The summed E-state index contributed by atoms with van der Waals surface area (Å²) in [5.41, 5.74) is 1.71. The molecular formula is C16H14N6O2. The maximum absolute atomic E-state index is 12.2. The number of hydrogen-bond acceptors (Lipinski definition) is 6. The molecule has 0 spiro atoms. The van der Waals surface area contributed by atoms with Gasteiger partial charge in [0, 0.05) is 23.6 Å². The molecule has 0 saturated heterocycles. The third-order valence-corrected chi connectivity index (χ3v) is 3.11. The fraction of sp³-hybridized carbons (Fsp3) is 0.0625. The van der Waals surface area contributed by atoms with Crippen molar-refractivity contribution in [2.75, 3.05) is 11.9 Å². The molecule has 120 valence electrons. The summed E-state index contributed by atoms with van der Waals surface area (Å²) in [4.78, 5) is 16.1. The number of nitrogens with zero attached hydrogens (tertiary/aromatic N) is 5. The first kappa shape index (κ1) is 15.3. The van der Waals surface area contributed by atoms with Gasteiger partial charge in [0.1, 0.15) is 24.4 Å². The molecule has 0 saturated carbocycles. The molecule has 8 heteroatoms. The Hall–Kier alpha value is -3.55. The van der Waals surface area contributed by atoms with Crippen molar-refractivity contribution in [3.63, 3.8) is 0 Å². The minimum Gasteiger partial charge on any atom is -0.487 e. The van der Waals surface area contributed by atoms with Crippen molar-refractivity contribution < 1.29 is 9.53 Å². The van der Waals surface area contributed by atoms with Crippen molar-refractivity contribution in [1.82, 2.24) is 25.2 Å². The third kappa shape index (κ3) is 3.43. The molecule has 3 rings (SSSR count). The van der Waals surface area contributed by atoms with E-state index >= 15 is 0 Å². The fourth-order valence-electron chi connectivity index (χ4n) is 2.02. The highest BCUT2D eigenvalue weighted by Gasteiger charge is 2.11. The van der Waals surface area contributed by atoms with Gasteiger partial charge < -0.3 is 10.1 Å². The lowest BCUT2D eigenvalue weighted by atomic mass is 10.2. The molecule has 8 nitrogen and oxygen atoms in total. The van der Waals surface area contributed by atoms with Crippen LogP contribution in [0.25, 0.3) is 5.69 Å². The van der Waals surface area contributed by atoms with E-state index in [2.05, 4.69) is 32.4 Å². The van der Waals surface area contributed by atoms with E-state index < -0.39 is 0 Å². The number of tetrazole rings is 1. The van der Waals surface area contributed by atoms with Gasteiger partial charge in [-0.05, 0) is 40.8 Å². The highest BCUT2D eigenvalue weighted by molar-refractivity contribution is 6.04. The van der Waals surface area contributed by atoms with Crippen molar-refractivity contribution in [2.45, 2.75) is 0 Å². The smallest absolute Gasteiger partial charge is 0.255 e. The molecule has 24 heavy (non-hydrogen) atoms. The number of hydrogen-bond donors (Lipinski definition) is 1. The predicted octanol–water partition coefficient (Wildman–Crippen LogP) is 1.87. The Morgan fingerprint density at radius 2 is 2.12 bits per heavy atom. The quantitative estimate of drug-likeness (QED) is 0.696. The molecule has 1 amide bonds. The zero-order valence-corrected chi connectivity index (χ0v) is 12.7. The molecule has 0 atom stereocenters. The number of nitrogens with one attached hydrogen (secondary N) is 1. The second-order valence-electron chi connectivity index (χ2n) is 4.73. The van der Waals surface area contributed by atoms with E-state index in [0.717, 1.165) is 0 Å². The number of amides is 1. The average Bonchev–Trinajstić information content (AvgIpc) is 3.16. The summed E-state index contributed by atoms with van der Waals surface area (Å²) in [6, 6.07) is 8.49. The Bertz CT molecular complexity index is 833. The highest BCUT2D eigenvalue weighted by atomic mass is 16.5. The maximum atomic E-state index is 12.2. The number of benzene rings is 1. The van der Waals surface area contributed by atoms with Crippen LogP contribution in [0.3, 0.4) is 0 Å². The number of ether oxygens (including phenoxy) is 1. The van der Waals surface area contributed by atoms with Crippen LogP contribution < -0.4 is 10.1 Å². The van der Waals surface area contributed by atoms with Gasteiger partial charge in [-0.15, -0.1) is 5.10 Å². The van der Waals surface area contributed by atoms with Crippen molar-refractivity contribution in [3.05, 3.63) is 67.3 Å². The second-order valence-corrected chi connectivity index (χ2v) is 4.73. The number of pyridine rings is 1. The van der Waals surface area contributed by atoms with E-state index in [1.54, 1.807) is 48.8 Å². The molecule has 1 N–H and O–H groups in total. The van der Waals surface area contributed by atoms with Crippen LogP contribution in [0.4, 0.5) is 5.69 Å². The van der Waals surface area contributed by atoms with Gasteiger partial charge in [-0.1, -0.05) is 12.7 Å². The molecule has 0 fully saturated rings. The maximum Gasteiger partial charge on any atom is 0.255 e. The van der Waals surface area contributed by atoms with Gasteiger partial charge in [-0.25, -0.2) is 0 Å². The summed E-state index contributed by atoms with van der Waals surface area (Å²) >= 11 is 0. The van der Waals surface area contributed by atoms with Crippen molar-refractivity contribution in [3.8, 4) is 11.4 Å². The van der Waals surface area contributed by atoms with Crippen LogP contribution >= 0.6 is 0 Å². The summed E-state index contributed by atoms with van der Waals surface area (Å²) in [7, 11) is 0. The second kappa shape index (κ2) is 7.14. The summed E-state index contributed by atoms with van der Waals surface area (Å²) in [6.07, 6.45) is 6.22. The SMILES string of the molecule is C=CCOc1ccc(NC(=O)c2ccncc2)cc1-n1cnnn1. The molecule has 0 aliphatic rings. The molecule has 2 heterocycles. The molecule has 0 radical (unpaired) electrons. The Kier molecular flexibility index (Phi) is 4.57. The first-order valence-corrected chi connectivity index (χ1v) is 7.10. The molecule has 0 aliphatic heterocycles. The van der Waals surface area contributed by atoms with Gasteiger partial charge in [0.2, 0.25) is 0 Å². The van der Waals surface area contributed by atoms with Gasteiger partial charge in [-0.2, -0.15) is 4.68 Å². The number of anilines is 1. The summed E-state index contributed by atoms with van der Waals surface area (Å²) in [6.45, 7) is 3.97. The third-order valence-electron chi connectivity index (χ3n) is 3.11. The largest absolute Gasteiger partial charge is 0.487 e. The van der Waals surface area contributed by atoms with Crippen molar-refractivity contribution in [2.24, 2.45) is 0 Å². The van der Waals surface area contributed by atoms with Crippen molar-refractivity contribution >= 4 is 11.6 Å². The fourth-order valence-corrected chi connectivity index (χ4v) is 2.02. The zero-order chi connectivity index (χ0) is 16.8. The molecule has 0 bridgehead atoms. The predicted molar refractivity (Wildman–Crippen MR) is 87.0 cm³/mol. The van der Waals surface area contributed by atoms with Gasteiger partial charge in [0.25, 0.3) is 5.91 Å². The van der Waals surface area contributed by atoms with Crippen molar-refractivity contribution in [1.29, 1.82) is 0 Å². The van der Waals surface area contributed by atoms with Gasteiger partial charge in [0.05, 0.1) is 0 Å². The van der Waals surface area contributed by atoms with Crippen LogP contribution in [-0.2, 0) is 0 Å². The van der Waals surface area contributed by atoms with Crippen LogP contribution in [0.15, 0.2) is 61.7 Å². The zero-order valence-electron chi connectivity index (χ0n) is 12.7. The van der Waals surface area contributed by atoms with E-state index in [0.29, 0.717) is 29.3 Å². The van der Waals surface area contributed by atoms with Crippen LogP contribution in [0.1, 0.15) is 10.4 Å². The van der Waals surface area contributed by atoms with E-state index in [-0.39, 0.29) is 5.91 Å². The Labute approximate surface area is 137 Å². The average molecular weight is 322 g/mol.